The highest BCUT2D eigenvalue weighted by molar-refractivity contribution is 6.20. The largest absolute Gasteiger partial charge is 0.269 e. The minimum absolute atomic E-state index is 0.233. The summed E-state index contributed by atoms with van der Waals surface area (Å²) in [6, 6.07) is 2.82. The molecule has 2 nitrogen and oxygen atoms in total. The predicted molar refractivity (Wildman–Crippen MR) is 72.5 cm³/mol. The number of hydrogen-bond donors (Lipinski definition) is 0. The third kappa shape index (κ3) is 3.25. The van der Waals surface area contributed by atoms with Crippen molar-refractivity contribution < 1.29 is 0 Å². The molecule has 0 amide bonds. The van der Waals surface area contributed by atoms with Gasteiger partial charge in [0.25, 0.3) is 0 Å². The number of alkyl halides is 1. The van der Waals surface area contributed by atoms with Gasteiger partial charge in [-0.05, 0) is 38.2 Å². The van der Waals surface area contributed by atoms with E-state index in [9.17, 15) is 0 Å². The van der Waals surface area contributed by atoms with Gasteiger partial charge in [0.05, 0.1) is 11.7 Å². The lowest BCUT2D eigenvalue weighted by Gasteiger charge is -2.15. The Morgan fingerprint density at radius 3 is 2.76 bits per heavy atom. The summed E-state index contributed by atoms with van der Waals surface area (Å²) in [6.07, 6.45) is 9.60. The summed E-state index contributed by atoms with van der Waals surface area (Å²) in [5, 5.41) is 4.95. The van der Waals surface area contributed by atoms with Crippen molar-refractivity contribution in [2.45, 2.75) is 63.8 Å². The van der Waals surface area contributed by atoms with Gasteiger partial charge in [-0.15, -0.1) is 11.6 Å². The molecule has 17 heavy (non-hydrogen) atoms. The third-order valence-corrected chi connectivity index (χ3v) is 4.36. The molecule has 0 aliphatic heterocycles. The molecule has 2 rings (SSSR count). The van der Waals surface area contributed by atoms with Crippen molar-refractivity contribution in [1.82, 2.24) is 9.78 Å². The van der Waals surface area contributed by atoms with Crippen LogP contribution in [0, 0.1) is 5.92 Å². The molecule has 0 aromatic carbocycles. The fourth-order valence-electron chi connectivity index (χ4n) is 2.76. The molecule has 0 bridgehead atoms. The van der Waals surface area contributed by atoms with Crippen LogP contribution in [0.4, 0.5) is 0 Å². The van der Waals surface area contributed by atoms with Crippen molar-refractivity contribution in [3.63, 3.8) is 0 Å². The fraction of sp³-hybridized carbons (Fsp3) is 0.786. The summed E-state index contributed by atoms with van der Waals surface area (Å²) in [4.78, 5) is 0. The first kappa shape index (κ1) is 12.9. The highest BCUT2D eigenvalue weighted by atomic mass is 35.5. The zero-order valence-corrected chi connectivity index (χ0v) is 11.7. The van der Waals surface area contributed by atoms with Gasteiger partial charge >= 0.3 is 0 Å². The minimum Gasteiger partial charge on any atom is -0.269 e. The smallest absolute Gasteiger partial charge is 0.0628 e. The molecular formula is C14H23ClN2. The van der Waals surface area contributed by atoms with Gasteiger partial charge in [-0.25, -0.2) is 0 Å². The van der Waals surface area contributed by atoms with Gasteiger partial charge in [0.1, 0.15) is 0 Å². The molecule has 1 saturated carbocycles. The van der Waals surface area contributed by atoms with E-state index in [1.165, 1.54) is 31.4 Å². The van der Waals surface area contributed by atoms with Gasteiger partial charge in [-0.3, -0.25) is 4.68 Å². The monoisotopic (exact) mass is 254 g/mol. The molecule has 2 unspecified atom stereocenters. The van der Waals surface area contributed by atoms with E-state index in [-0.39, 0.29) is 5.38 Å². The zero-order chi connectivity index (χ0) is 12.3. The Kier molecular flexibility index (Phi) is 4.49. The van der Waals surface area contributed by atoms with Crippen molar-refractivity contribution in [3.05, 3.63) is 18.0 Å². The van der Waals surface area contributed by atoms with Crippen LogP contribution in [-0.4, -0.2) is 15.2 Å². The topological polar surface area (TPSA) is 17.8 Å². The maximum atomic E-state index is 6.19. The Labute approximate surface area is 109 Å². The molecule has 1 aromatic rings. The Morgan fingerprint density at radius 2 is 2.18 bits per heavy atom. The van der Waals surface area contributed by atoms with E-state index in [0.29, 0.717) is 12.0 Å². The van der Waals surface area contributed by atoms with E-state index in [1.807, 2.05) is 0 Å². The molecule has 0 N–H and O–H groups in total. The Bertz CT molecular complexity index is 340. The molecule has 0 saturated heterocycles. The third-order valence-electron chi connectivity index (χ3n) is 4.01. The van der Waals surface area contributed by atoms with E-state index in [0.717, 1.165) is 12.8 Å². The van der Waals surface area contributed by atoms with E-state index >= 15 is 0 Å². The number of halogens is 1. The second-order valence-electron chi connectivity index (χ2n) is 5.28. The first-order valence-electron chi connectivity index (χ1n) is 6.88. The summed E-state index contributed by atoms with van der Waals surface area (Å²) >= 11 is 6.19. The van der Waals surface area contributed by atoms with Crippen LogP contribution < -0.4 is 0 Å². The Hall–Kier alpha value is -0.500. The van der Waals surface area contributed by atoms with Crippen LogP contribution >= 0.6 is 11.6 Å². The molecule has 1 heterocycles. The average molecular weight is 255 g/mol. The lowest BCUT2D eigenvalue weighted by atomic mass is 9.97. The molecule has 3 heteroatoms. The first-order chi connectivity index (χ1) is 8.20. The zero-order valence-electron chi connectivity index (χ0n) is 10.9. The van der Waals surface area contributed by atoms with Crippen LogP contribution in [0.2, 0.25) is 0 Å². The van der Waals surface area contributed by atoms with Crippen LogP contribution in [0.5, 0.6) is 0 Å². The van der Waals surface area contributed by atoms with Crippen molar-refractivity contribution >= 4 is 11.6 Å². The van der Waals surface area contributed by atoms with Crippen LogP contribution in [0.1, 0.15) is 57.7 Å². The highest BCUT2D eigenvalue weighted by Gasteiger charge is 2.19. The maximum absolute atomic E-state index is 6.19. The molecule has 1 fully saturated rings. The van der Waals surface area contributed by atoms with Crippen molar-refractivity contribution in [3.8, 4) is 0 Å². The second kappa shape index (κ2) is 5.90. The molecule has 1 aliphatic carbocycles. The molecule has 1 aromatic heterocycles. The van der Waals surface area contributed by atoms with E-state index in [4.69, 9.17) is 16.7 Å². The predicted octanol–water partition coefficient (Wildman–Crippen LogP) is 4.19. The second-order valence-corrected chi connectivity index (χ2v) is 5.96. The summed E-state index contributed by atoms with van der Waals surface area (Å²) in [5.41, 5.74) is 1.20. The number of hydrogen-bond acceptors (Lipinski definition) is 1. The van der Waals surface area contributed by atoms with Crippen molar-refractivity contribution in [2.75, 3.05) is 0 Å². The summed E-state index contributed by atoms with van der Waals surface area (Å²) in [5.74, 6) is 0.545. The molecule has 96 valence electrons. The molecule has 1 aliphatic rings. The van der Waals surface area contributed by atoms with Crippen LogP contribution in [-0.2, 0) is 6.42 Å². The minimum atomic E-state index is 0.233. The summed E-state index contributed by atoms with van der Waals surface area (Å²) in [7, 11) is 0. The SMILES string of the molecule is CCC(Cc1ccn(C2CCCC2)n1)C(C)Cl. The maximum Gasteiger partial charge on any atom is 0.0628 e. The quantitative estimate of drug-likeness (QED) is 0.721. The van der Waals surface area contributed by atoms with Gasteiger partial charge < -0.3 is 0 Å². The van der Waals surface area contributed by atoms with Gasteiger partial charge in [0.15, 0.2) is 0 Å². The standard InChI is InChI=1S/C14H23ClN2/c1-3-12(11(2)15)10-13-8-9-17(16-13)14-6-4-5-7-14/h8-9,11-12,14H,3-7,10H2,1-2H3. The molecule has 0 radical (unpaired) electrons. The van der Waals surface area contributed by atoms with E-state index in [1.54, 1.807) is 0 Å². The van der Waals surface area contributed by atoms with Gasteiger partial charge in [0, 0.05) is 11.6 Å². The van der Waals surface area contributed by atoms with E-state index < -0.39 is 0 Å². The molecular weight excluding hydrogens is 232 g/mol. The van der Waals surface area contributed by atoms with Crippen LogP contribution in [0.25, 0.3) is 0 Å². The number of rotatable bonds is 5. The van der Waals surface area contributed by atoms with Crippen LogP contribution in [0.15, 0.2) is 12.3 Å². The van der Waals surface area contributed by atoms with Gasteiger partial charge in [0.2, 0.25) is 0 Å². The Balaban J connectivity index is 1.97. The number of nitrogens with zero attached hydrogens (tertiary/aromatic N) is 2. The van der Waals surface area contributed by atoms with Gasteiger partial charge in [-0.2, -0.15) is 5.10 Å². The van der Waals surface area contributed by atoms with Crippen LogP contribution in [0.3, 0.4) is 0 Å². The summed E-state index contributed by atoms with van der Waals surface area (Å²) < 4.78 is 2.17. The lowest BCUT2D eigenvalue weighted by Crippen LogP contribution is -2.14. The first-order valence-corrected chi connectivity index (χ1v) is 7.32. The fourth-order valence-corrected chi connectivity index (χ4v) is 3.03. The average Bonchev–Trinajstić information content (AvgIpc) is 2.95. The number of aromatic nitrogens is 2. The Morgan fingerprint density at radius 1 is 1.47 bits per heavy atom. The normalized spacial score (nSPS) is 20.6. The van der Waals surface area contributed by atoms with Crippen molar-refractivity contribution in [2.24, 2.45) is 5.92 Å². The highest BCUT2D eigenvalue weighted by Crippen LogP contribution is 2.29. The molecule has 0 spiro atoms. The van der Waals surface area contributed by atoms with Crippen molar-refractivity contribution in [1.29, 1.82) is 0 Å². The summed E-state index contributed by atoms with van der Waals surface area (Å²) in [6.45, 7) is 4.29. The lowest BCUT2D eigenvalue weighted by molar-refractivity contribution is 0.448. The van der Waals surface area contributed by atoms with Gasteiger partial charge in [-0.1, -0.05) is 26.2 Å². The van der Waals surface area contributed by atoms with E-state index in [2.05, 4.69) is 30.8 Å². The molecule has 2 atom stereocenters.